The van der Waals surface area contributed by atoms with Crippen LogP contribution in [0.25, 0.3) is 0 Å². The molecule has 0 aliphatic heterocycles. The lowest BCUT2D eigenvalue weighted by atomic mass is 9.65. The van der Waals surface area contributed by atoms with Crippen molar-refractivity contribution in [3.8, 4) is 0 Å². The van der Waals surface area contributed by atoms with Crippen LogP contribution in [0.1, 0.15) is 64.0 Å². The third kappa shape index (κ3) is 2.90. The van der Waals surface area contributed by atoms with Crippen molar-refractivity contribution in [2.75, 3.05) is 0 Å². The zero-order valence-electron chi connectivity index (χ0n) is 13.2. The monoisotopic (exact) mass is 278 g/mol. The molecule has 1 saturated carbocycles. The lowest BCUT2D eigenvalue weighted by Crippen LogP contribution is -2.36. The summed E-state index contributed by atoms with van der Waals surface area (Å²) in [6.07, 6.45) is 4.44. The molecule has 1 aliphatic rings. The molecule has 1 nitrogen and oxygen atoms in total. The number of benzene rings is 1. The number of hydrogen-bond acceptors (Lipinski definition) is 1. The van der Waals surface area contributed by atoms with Gasteiger partial charge < -0.3 is 5.11 Å². The van der Waals surface area contributed by atoms with Gasteiger partial charge in [-0.15, -0.1) is 0 Å². The van der Waals surface area contributed by atoms with Crippen LogP contribution >= 0.6 is 0 Å². The average molecular weight is 278 g/mol. The fraction of sp³-hybridized carbons (Fsp3) is 0.667. The molecule has 1 aromatic rings. The van der Waals surface area contributed by atoms with E-state index in [9.17, 15) is 9.50 Å². The molecular formula is C18H27FO. The molecule has 0 aromatic heterocycles. The van der Waals surface area contributed by atoms with E-state index in [1.807, 2.05) is 6.92 Å². The lowest BCUT2D eigenvalue weighted by molar-refractivity contribution is -0.0352. The van der Waals surface area contributed by atoms with Crippen molar-refractivity contribution in [2.24, 2.45) is 11.3 Å². The first-order valence-corrected chi connectivity index (χ1v) is 7.77. The maximum atomic E-state index is 14.0. The number of rotatable bonds is 3. The van der Waals surface area contributed by atoms with Crippen LogP contribution in [0.2, 0.25) is 0 Å². The van der Waals surface area contributed by atoms with Crippen LogP contribution in [0.5, 0.6) is 0 Å². The Labute approximate surface area is 122 Å². The molecular weight excluding hydrogens is 251 g/mol. The van der Waals surface area contributed by atoms with E-state index in [0.717, 1.165) is 24.8 Å². The van der Waals surface area contributed by atoms with Crippen molar-refractivity contribution in [1.82, 2.24) is 0 Å². The zero-order chi connectivity index (χ0) is 15.0. The van der Waals surface area contributed by atoms with Crippen LogP contribution in [0.15, 0.2) is 18.2 Å². The van der Waals surface area contributed by atoms with E-state index in [1.54, 1.807) is 12.1 Å². The molecule has 112 valence electrons. The number of aryl methyl sites for hydroxylation is 1. The average Bonchev–Trinajstić information content (AvgIpc) is 2.42. The Morgan fingerprint density at radius 1 is 1.30 bits per heavy atom. The van der Waals surface area contributed by atoms with Gasteiger partial charge in [0.1, 0.15) is 5.82 Å². The fourth-order valence-corrected chi connectivity index (χ4v) is 3.43. The summed E-state index contributed by atoms with van der Waals surface area (Å²) >= 11 is 0. The van der Waals surface area contributed by atoms with Crippen molar-refractivity contribution < 1.29 is 9.50 Å². The minimum atomic E-state index is -0.976. The molecule has 2 rings (SSSR count). The third-order valence-corrected chi connectivity index (χ3v) is 5.45. The molecule has 1 aliphatic carbocycles. The Morgan fingerprint density at radius 3 is 2.45 bits per heavy atom. The van der Waals surface area contributed by atoms with E-state index >= 15 is 0 Å². The molecule has 0 atom stereocenters. The van der Waals surface area contributed by atoms with Gasteiger partial charge in [0.2, 0.25) is 0 Å². The van der Waals surface area contributed by atoms with Crippen molar-refractivity contribution >= 4 is 0 Å². The minimum absolute atomic E-state index is 0.272. The van der Waals surface area contributed by atoms with E-state index in [4.69, 9.17) is 0 Å². The summed E-state index contributed by atoms with van der Waals surface area (Å²) < 4.78 is 14.0. The van der Waals surface area contributed by atoms with Crippen LogP contribution in [0.3, 0.4) is 0 Å². The summed E-state index contributed by atoms with van der Waals surface area (Å²) in [6, 6.07) is 5.04. The second-order valence-electron chi connectivity index (χ2n) is 7.13. The number of aliphatic hydroxyl groups is 1. The lowest BCUT2D eigenvalue weighted by Gasteiger charge is -2.43. The molecule has 1 N–H and O–H groups in total. The first kappa shape index (κ1) is 15.5. The van der Waals surface area contributed by atoms with Gasteiger partial charge in [-0.3, -0.25) is 0 Å². The Kier molecular flexibility index (Phi) is 4.24. The van der Waals surface area contributed by atoms with E-state index in [0.29, 0.717) is 29.7 Å². The molecule has 0 amide bonds. The van der Waals surface area contributed by atoms with E-state index in [-0.39, 0.29) is 5.82 Å². The third-order valence-electron chi connectivity index (χ3n) is 5.45. The molecule has 0 unspecified atom stereocenters. The SMILES string of the molecule is CCC(C)(C)C1CCC(O)(c2cc(C)ccc2F)CC1. The molecule has 1 aromatic carbocycles. The highest BCUT2D eigenvalue weighted by Crippen LogP contribution is 2.47. The Bertz CT molecular complexity index is 470. The molecule has 0 saturated heterocycles. The highest BCUT2D eigenvalue weighted by Gasteiger charge is 2.40. The van der Waals surface area contributed by atoms with Gasteiger partial charge in [-0.1, -0.05) is 44.9 Å². The molecule has 0 radical (unpaired) electrons. The first-order valence-electron chi connectivity index (χ1n) is 7.77. The van der Waals surface area contributed by atoms with Gasteiger partial charge in [-0.25, -0.2) is 4.39 Å². The van der Waals surface area contributed by atoms with Crippen LogP contribution in [0, 0.1) is 24.1 Å². The van der Waals surface area contributed by atoms with Gasteiger partial charge in [0.15, 0.2) is 0 Å². The van der Waals surface area contributed by atoms with Crippen molar-refractivity contribution in [3.05, 3.63) is 35.1 Å². The Balaban J connectivity index is 2.18. The summed E-state index contributed by atoms with van der Waals surface area (Å²) in [5.74, 6) is 0.354. The molecule has 0 heterocycles. The smallest absolute Gasteiger partial charge is 0.129 e. The van der Waals surface area contributed by atoms with Crippen LogP contribution in [0.4, 0.5) is 4.39 Å². The topological polar surface area (TPSA) is 20.2 Å². The molecule has 2 heteroatoms. The highest BCUT2D eigenvalue weighted by atomic mass is 19.1. The van der Waals surface area contributed by atoms with Crippen LogP contribution in [-0.4, -0.2) is 5.11 Å². The van der Waals surface area contributed by atoms with Gasteiger partial charge in [-0.05, 0) is 50.0 Å². The van der Waals surface area contributed by atoms with E-state index in [2.05, 4.69) is 20.8 Å². The van der Waals surface area contributed by atoms with E-state index < -0.39 is 5.60 Å². The largest absolute Gasteiger partial charge is 0.385 e. The number of halogens is 1. The molecule has 0 bridgehead atoms. The molecule has 20 heavy (non-hydrogen) atoms. The second-order valence-corrected chi connectivity index (χ2v) is 7.13. The predicted molar refractivity (Wildman–Crippen MR) is 81.1 cm³/mol. The minimum Gasteiger partial charge on any atom is -0.385 e. The summed E-state index contributed by atoms with van der Waals surface area (Å²) in [5, 5.41) is 10.9. The summed E-state index contributed by atoms with van der Waals surface area (Å²) in [4.78, 5) is 0. The van der Waals surface area contributed by atoms with Gasteiger partial charge in [0.05, 0.1) is 5.60 Å². The summed E-state index contributed by atoms with van der Waals surface area (Å²) in [7, 11) is 0. The summed E-state index contributed by atoms with van der Waals surface area (Å²) in [6.45, 7) is 8.77. The van der Waals surface area contributed by atoms with Crippen LogP contribution in [-0.2, 0) is 5.60 Å². The second kappa shape index (κ2) is 5.48. The van der Waals surface area contributed by atoms with Crippen LogP contribution < -0.4 is 0 Å². The van der Waals surface area contributed by atoms with Gasteiger partial charge in [0.25, 0.3) is 0 Å². The number of hydrogen-bond donors (Lipinski definition) is 1. The van der Waals surface area contributed by atoms with E-state index in [1.165, 1.54) is 6.07 Å². The molecule has 0 spiro atoms. The standard InChI is InChI=1S/C18H27FO/c1-5-17(3,4)14-8-10-18(20,11-9-14)15-12-13(2)6-7-16(15)19/h6-7,12,14,20H,5,8-11H2,1-4H3. The first-order chi connectivity index (χ1) is 9.28. The van der Waals surface area contributed by atoms with Gasteiger partial charge in [0, 0.05) is 5.56 Å². The van der Waals surface area contributed by atoms with Crippen molar-refractivity contribution in [3.63, 3.8) is 0 Å². The highest BCUT2D eigenvalue weighted by molar-refractivity contribution is 5.29. The van der Waals surface area contributed by atoms with Crippen molar-refractivity contribution in [1.29, 1.82) is 0 Å². The Hall–Kier alpha value is -0.890. The quantitative estimate of drug-likeness (QED) is 0.829. The zero-order valence-corrected chi connectivity index (χ0v) is 13.2. The normalized spacial score (nSPS) is 27.6. The fourth-order valence-electron chi connectivity index (χ4n) is 3.43. The Morgan fingerprint density at radius 2 is 1.90 bits per heavy atom. The van der Waals surface area contributed by atoms with Gasteiger partial charge >= 0.3 is 0 Å². The van der Waals surface area contributed by atoms with Gasteiger partial charge in [-0.2, -0.15) is 0 Å². The maximum Gasteiger partial charge on any atom is 0.129 e. The van der Waals surface area contributed by atoms with Crippen molar-refractivity contribution in [2.45, 2.75) is 65.4 Å². The predicted octanol–water partition coefficient (Wildman–Crippen LogP) is 4.95. The maximum absolute atomic E-state index is 14.0. The molecule has 1 fully saturated rings. The summed E-state index contributed by atoms with van der Waals surface area (Å²) in [5.41, 5.74) is 0.833.